The van der Waals surface area contributed by atoms with Gasteiger partial charge in [-0.1, -0.05) is 30.3 Å². The molecule has 2 aromatic rings. The average Bonchev–Trinajstić information content (AvgIpc) is 2.99. The Morgan fingerprint density at radius 2 is 2.04 bits per heavy atom. The van der Waals surface area contributed by atoms with Crippen LogP contribution < -0.4 is 4.74 Å². The fourth-order valence-electron chi connectivity index (χ4n) is 3.46. The number of methoxy groups -OCH3 is 1. The van der Waals surface area contributed by atoms with E-state index < -0.39 is 0 Å². The van der Waals surface area contributed by atoms with Gasteiger partial charge in [0.25, 0.3) is 0 Å². The molecule has 0 radical (unpaired) electrons. The third-order valence-corrected chi connectivity index (χ3v) is 4.56. The van der Waals surface area contributed by atoms with Crippen LogP contribution in [0.4, 0.5) is 0 Å². The zero-order valence-corrected chi connectivity index (χ0v) is 13.4. The molecule has 0 heterocycles. The maximum absolute atomic E-state index is 9.96. The summed E-state index contributed by atoms with van der Waals surface area (Å²) in [4.78, 5) is 2.28. The molecule has 2 aromatic carbocycles. The lowest BCUT2D eigenvalue weighted by Crippen LogP contribution is -2.30. The van der Waals surface area contributed by atoms with Crippen molar-refractivity contribution >= 4 is 0 Å². The molecule has 0 spiro atoms. The monoisotopic (exact) mass is 313 g/mol. The number of nitrogens with zero attached hydrogens (tertiary/aromatic N) is 1. The SMILES string of the molecule is COc1ccc(CN(CCO)C2CCc3ccccc32)cc1O. The molecule has 1 unspecified atom stereocenters. The largest absolute Gasteiger partial charge is 0.504 e. The summed E-state index contributed by atoms with van der Waals surface area (Å²) < 4.78 is 5.10. The molecular weight excluding hydrogens is 290 g/mol. The quantitative estimate of drug-likeness (QED) is 0.861. The summed E-state index contributed by atoms with van der Waals surface area (Å²) in [6.45, 7) is 1.43. The van der Waals surface area contributed by atoms with Gasteiger partial charge in [0, 0.05) is 19.1 Å². The minimum Gasteiger partial charge on any atom is -0.504 e. The van der Waals surface area contributed by atoms with Crippen molar-refractivity contribution in [3.05, 3.63) is 59.2 Å². The number of phenolic OH excluding ortho intramolecular Hbond substituents is 1. The van der Waals surface area contributed by atoms with Crippen molar-refractivity contribution in [2.45, 2.75) is 25.4 Å². The second kappa shape index (κ2) is 7.02. The molecule has 122 valence electrons. The fourth-order valence-corrected chi connectivity index (χ4v) is 3.46. The van der Waals surface area contributed by atoms with Gasteiger partial charge in [-0.3, -0.25) is 4.90 Å². The smallest absolute Gasteiger partial charge is 0.160 e. The second-order valence-electron chi connectivity index (χ2n) is 5.95. The van der Waals surface area contributed by atoms with Crippen LogP contribution in [0.2, 0.25) is 0 Å². The number of benzene rings is 2. The van der Waals surface area contributed by atoms with Crippen LogP contribution in [0.15, 0.2) is 42.5 Å². The molecule has 0 bridgehead atoms. The maximum Gasteiger partial charge on any atom is 0.160 e. The van der Waals surface area contributed by atoms with Crippen LogP contribution in [0, 0.1) is 0 Å². The molecule has 0 saturated carbocycles. The normalized spacial score (nSPS) is 16.6. The van der Waals surface area contributed by atoms with Gasteiger partial charge in [-0.25, -0.2) is 0 Å². The number of hydrogen-bond acceptors (Lipinski definition) is 4. The minimum absolute atomic E-state index is 0.126. The topological polar surface area (TPSA) is 52.9 Å². The van der Waals surface area contributed by atoms with E-state index in [1.54, 1.807) is 19.2 Å². The molecule has 0 aliphatic heterocycles. The van der Waals surface area contributed by atoms with Crippen LogP contribution in [0.1, 0.15) is 29.2 Å². The lowest BCUT2D eigenvalue weighted by atomic mass is 10.1. The lowest BCUT2D eigenvalue weighted by Gasteiger charge is -2.29. The first kappa shape index (κ1) is 15.8. The zero-order valence-electron chi connectivity index (χ0n) is 13.4. The number of phenols is 1. The Hall–Kier alpha value is -2.04. The Kier molecular flexibility index (Phi) is 4.84. The molecular formula is C19H23NO3. The first-order valence-corrected chi connectivity index (χ1v) is 8.01. The summed E-state index contributed by atoms with van der Waals surface area (Å²) in [5.74, 6) is 0.634. The third-order valence-electron chi connectivity index (χ3n) is 4.56. The predicted molar refractivity (Wildman–Crippen MR) is 89.7 cm³/mol. The van der Waals surface area contributed by atoms with Crippen LogP contribution in [0.25, 0.3) is 0 Å². The van der Waals surface area contributed by atoms with Gasteiger partial charge in [-0.05, 0) is 41.7 Å². The van der Waals surface area contributed by atoms with Crippen molar-refractivity contribution in [1.82, 2.24) is 4.90 Å². The second-order valence-corrected chi connectivity index (χ2v) is 5.95. The van der Waals surface area contributed by atoms with Gasteiger partial charge in [0.2, 0.25) is 0 Å². The lowest BCUT2D eigenvalue weighted by molar-refractivity contribution is 0.142. The Morgan fingerprint density at radius 3 is 2.78 bits per heavy atom. The van der Waals surface area contributed by atoms with E-state index in [1.807, 2.05) is 6.07 Å². The molecule has 3 rings (SSSR count). The number of aromatic hydroxyl groups is 1. The number of aliphatic hydroxyl groups excluding tert-OH is 1. The van der Waals surface area contributed by atoms with E-state index in [0.717, 1.165) is 18.4 Å². The summed E-state index contributed by atoms with van der Waals surface area (Å²) >= 11 is 0. The zero-order chi connectivity index (χ0) is 16.2. The van der Waals surface area contributed by atoms with Crippen LogP contribution in [0.3, 0.4) is 0 Å². The molecule has 2 N–H and O–H groups in total. The first-order chi connectivity index (χ1) is 11.2. The van der Waals surface area contributed by atoms with Gasteiger partial charge in [-0.2, -0.15) is 0 Å². The van der Waals surface area contributed by atoms with E-state index in [4.69, 9.17) is 4.74 Å². The standard InChI is InChI=1S/C19H23NO3/c1-23-19-9-6-14(12-18(19)22)13-20(10-11-21)17-8-7-15-4-2-3-5-16(15)17/h2-6,9,12,17,21-22H,7-8,10-11,13H2,1H3. The summed E-state index contributed by atoms with van der Waals surface area (Å²) in [6, 6.07) is 14.3. The van der Waals surface area contributed by atoms with Crippen molar-refractivity contribution < 1.29 is 14.9 Å². The number of rotatable bonds is 6. The summed E-state index contributed by atoms with van der Waals surface area (Å²) in [7, 11) is 1.54. The van der Waals surface area contributed by atoms with Crippen molar-refractivity contribution in [3.8, 4) is 11.5 Å². The molecule has 0 fully saturated rings. The van der Waals surface area contributed by atoms with Crippen LogP contribution in [-0.4, -0.2) is 35.4 Å². The molecule has 0 aromatic heterocycles. The molecule has 23 heavy (non-hydrogen) atoms. The number of aryl methyl sites for hydroxylation is 1. The molecule has 1 aliphatic rings. The van der Waals surface area contributed by atoms with E-state index in [0.29, 0.717) is 24.9 Å². The van der Waals surface area contributed by atoms with Gasteiger partial charge >= 0.3 is 0 Å². The maximum atomic E-state index is 9.96. The molecule has 1 aliphatic carbocycles. The van der Waals surface area contributed by atoms with Gasteiger partial charge < -0.3 is 14.9 Å². The molecule has 0 amide bonds. The van der Waals surface area contributed by atoms with E-state index in [-0.39, 0.29) is 12.4 Å². The van der Waals surface area contributed by atoms with E-state index >= 15 is 0 Å². The van der Waals surface area contributed by atoms with Gasteiger partial charge in [0.15, 0.2) is 11.5 Å². The van der Waals surface area contributed by atoms with Crippen molar-refractivity contribution in [2.75, 3.05) is 20.3 Å². The molecule has 0 saturated heterocycles. The fraction of sp³-hybridized carbons (Fsp3) is 0.368. The number of hydrogen-bond donors (Lipinski definition) is 2. The van der Waals surface area contributed by atoms with E-state index in [9.17, 15) is 10.2 Å². The van der Waals surface area contributed by atoms with Gasteiger partial charge in [0.1, 0.15) is 0 Å². The van der Waals surface area contributed by atoms with Gasteiger partial charge in [0.05, 0.1) is 13.7 Å². The Labute approximate surface area is 136 Å². The number of aliphatic hydroxyl groups is 1. The average molecular weight is 313 g/mol. The summed E-state index contributed by atoms with van der Waals surface area (Å²) in [6.07, 6.45) is 2.15. The highest BCUT2D eigenvalue weighted by molar-refractivity contribution is 5.42. The predicted octanol–water partition coefficient (Wildman–Crippen LogP) is 2.88. The van der Waals surface area contributed by atoms with E-state index in [2.05, 4.69) is 29.2 Å². The highest BCUT2D eigenvalue weighted by atomic mass is 16.5. The highest BCUT2D eigenvalue weighted by Crippen LogP contribution is 2.36. The van der Waals surface area contributed by atoms with Gasteiger partial charge in [-0.15, -0.1) is 0 Å². The Balaban J connectivity index is 1.81. The molecule has 4 nitrogen and oxygen atoms in total. The summed E-state index contributed by atoms with van der Waals surface area (Å²) in [5, 5.41) is 19.4. The Bertz CT molecular complexity index is 671. The van der Waals surface area contributed by atoms with Crippen LogP contribution in [0.5, 0.6) is 11.5 Å². The minimum atomic E-state index is 0.126. The molecule has 1 atom stereocenters. The highest BCUT2D eigenvalue weighted by Gasteiger charge is 2.27. The molecule has 4 heteroatoms. The number of fused-ring (bicyclic) bond motifs is 1. The van der Waals surface area contributed by atoms with Crippen LogP contribution >= 0.6 is 0 Å². The summed E-state index contributed by atoms with van der Waals surface area (Å²) in [5.41, 5.74) is 3.78. The Morgan fingerprint density at radius 1 is 1.22 bits per heavy atom. The van der Waals surface area contributed by atoms with Crippen molar-refractivity contribution in [1.29, 1.82) is 0 Å². The van der Waals surface area contributed by atoms with Crippen molar-refractivity contribution in [2.24, 2.45) is 0 Å². The van der Waals surface area contributed by atoms with E-state index in [1.165, 1.54) is 11.1 Å². The first-order valence-electron chi connectivity index (χ1n) is 8.01. The van der Waals surface area contributed by atoms with Crippen LogP contribution in [-0.2, 0) is 13.0 Å². The van der Waals surface area contributed by atoms with Crippen molar-refractivity contribution in [3.63, 3.8) is 0 Å². The third kappa shape index (κ3) is 3.33. The number of ether oxygens (including phenoxy) is 1.